The number of aliphatic hydroxyl groups excluding tert-OH is 1. The fraction of sp³-hybridized carbons (Fsp3) is 0.214. The largest absolute Gasteiger partial charge is 0.497 e. The molecule has 1 atom stereocenters. The average Bonchev–Trinajstić information content (AvgIpc) is 2.46. The summed E-state index contributed by atoms with van der Waals surface area (Å²) >= 11 is 0. The van der Waals surface area contributed by atoms with Crippen LogP contribution in [0.15, 0.2) is 36.4 Å². The molecule has 0 saturated heterocycles. The molecule has 0 aliphatic carbocycles. The Labute approximate surface area is 110 Å². The molecular weight excluding hydrogens is 249 g/mol. The number of methoxy groups -OCH3 is 2. The van der Waals surface area contributed by atoms with Crippen molar-refractivity contribution in [3.8, 4) is 11.6 Å². The molecule has 100 valence electrons. The third kappa shape index (κ3) is 2.82. The highest BCUT2D eigenvalue weighted by atomic mass is 19.1. The molecule has 1 heterocycles. The first-order chi connectivity index (χ1) is 9.15. The van der Waals surface area contributed by atoms with Crippen LogP contribution in [0.1, 0.15) is 17.4 Å². The average molecular weight is 263 g/mol. The molecule has 0 saturated carbocycles. The van der Waals surface area contributed by atoms with Crippen molar-refractivity contribution in [1.82, 2.24) is 4.98 Å². The van der Waals surface area contributed by atoms with Crippen LogP contribution in [-0.2, 0) is 0 Å². The van der Waals surface area contributed by atoms with Crippen LogP contribution in [0.4, 0.5) is 4.39 Å². The second-order valence-electron chi connectivity index (χ2n) is 3.89. The Morgan fingerprint density at radius 1 is 1.16 bits per heavy atom. The van der Waals surface area contributed by atoms with Crippen molar-refractivity contribution in [2.75, 3.05) is 14.2 Å². The number of aromatic nitrogens is 1. The highest BCUT2D eigenvalue weighted by molar-refractivity contribution is 5.34. The molecule has 1 N–H and O–H groups in total. The van der Waals surface area contributed by atoms with Crippen molar-refractivity contribution in [2.45, 2.75) is 6.10 Å². The normalized spacial score (nSPS) is 12.0. The summed E-state index contributed by atoms with van der Waals surface area (Å²) in [5.74, 6) is 0.217. The molecule has 0 radical (unpaired) electrons. The van der Waals surface area contributed by atoms with Gasteiger partial charge in [0.25, 0.3) is 0 Å². The molecule has 0 aliphatic heterocycles. The van der Waals surface area contributed by atoms with E-state index >= 15 is 0 Å². The first kappa shape index (κ1) is 13.3. The van der Waals surface area contributed by atoms with Crippen LogP contribution in [0.3, 0.4) is 0 Å². The van der Waals surface area contributed by atoms with Crippen LogP contribution in [0, 0.1) is 5.82 Å². The van der Waals surface area contributed by atoms with E-state index in [1.54, 1.807) is 24.3 Å². The summed E-state index contributed by atoms with van der Waals surface area (Å²) in [5, 5.41) is 10.2. The molecule has 2 aromatic rings. The van der Waals surface area contributed by atoms with Gasteiger partial charge in [-0.2, -0.15) is 0 Å². The maximum absolute atomic E-state index is 13.9. The van der Waals surface area contributed by atoms with Crippen molar-refractivity contribution in [3.05, 3.63) is 53.5 Å². The Morgan fingerprint density at radius 2 is 1.95 bits per heavy atom. The van der Waals surface area contributed by atoms with E-state index in [0.29, 0.717) is 17.3 Å². The smallest absolute Gasteiger partial charge is 0.213 e. The van der Waals surface area contributed by atoms with Gasteiger partial charge in [-0.3, -0.25) is 0 Å². The highest BCUT2D eigenvalue weighted by Gasteiger charge is 2.17. The number of rotatable bonds is 4. The molecule has 5 heteroatoms. The molecule has 0 fully saturated rings. The van der Waals surface area contributed by atoms with E-state index in [4.69, 9.17) is 9.47 Å². The highest BCUT2D eigenvalue weighted by Crippen LogP contribution is 2.26. The minimum Gasteiger partial charge on any atom is -0.497 e. The number of halogens is 1. The lowest BCUT2D eigenvalue weighted by molar-refractivity contribution is 0.208. The Bertz CT molecular complexity index is 574. The summed E-state index contributed by atoms with van der Waals surface area (Å²) in [6.45, 7) is 0. The van der Waals surface area contributed by atoms with Crippen LogP contribution in [-0.4, -0.2) is 24.3 Å². The Kier molecular flexibility index (Phi) is 3.97. The fourth-order valence-corrected chi connectivity index (χ4v) is 1.71. The Balaban J connectivity index is 2.35. The molecule has 4 nitrogen and oxygen atoms in total. The number of hydrogen-bond donors (Lipinski definition) is 1. The van der Waals surface area contributed by atoms with E-state index in [1.165, 1.54) is 26.4 Å². The molecule has 0 bridgehead atoms. The van der Waals surface area contributed by atoms with Gasteiger partial charge >= 0.3 is 0 Å². The zero-order chi connectivity index (χ0) is 13.8. The Morgan fingerprint density at radius 3 is 2.58 bits per heavy atom. The van der Waals surface area contributed by atoms with E-state index < -0.39 is 11.9 Å². The minimum atomic E-state index is -1.15. The van der Waals surface area contributed by atoms with E-state index in [9.17, 15) is 9.50 Å². The fourth-order valence-electron chi connectivity index (χ4n) is 1.71. The first-order valence-electron chi connectivity index (χ1n) is 5.68. The van der Waals surface area contributed by atoms with Gasteiger partial charge in [-0.15, -0.1) is 0 Å². The summed E-state index contributed by atoms with van der Waals surface area (Å²) in [4.78, 5) is 4.08. The van der Waals surface area contributed by atoms with Gasteiger partial charge in [0.2, 0.25) is 5.88 Å². The predicted molar refractivity (Wildman–Crippen MR) is 67.8 cm³/mol. The van der Waals surface area contributed by atoms with Gasteiger partial charge in [0, 0.05) is 17.7 Å². The number of nitrogens with zero attached hydrogens (tertiary/aromatic N) is 1. The third-order valence-electron chi connectivity index (χ3n) is 2.74. The van der Waals surface area contributed by atoms with Crippen molar-refractivity contribution in [1.29, 1.82) is 0 Å². The van der Waals surface area contributed by atoms with Crippen LogP contribution in [0.25, 0.3) is 0 Å². The second kappa shape index (κ2) is 5.67. The lowest BCUT2D eigenvalue weighted by atomic mass is 10.1. The van der Waals surface area contributed by atoms with Gasteiger partial charge in [-0.25, -0.2) is 9.37 Å². The summed E-state index contributed by atoms with van der Waals surface area (Å²) in [6, 6.07) is 9.23. The maximum Gasteiger partial charge on any atom is 0.213 e. The van der Waals surface area contributed by atoms with Gasteiger partial charge in [0.05, 0.1) is 19.9 Å². The molecular formula is C14H14FNO3. The number of pyridine rings is 1. The van der Waals surface area contributed by atoms with Gasteiger partial charge in [-0.1, -0.05) is 6.07 Å². The van der Waals surface area contributed by atoms with Crippen molar-refractivity contribution < 1.29 is 19.0 Å². The van der Waals surface area contributed by atoms with Gasteiger partial charge in [0.1, 0.15) is 17.7 Å². The summed E-state index contributed by atoms with van der Waals surface area (Å²) in [7, 11) is 2.93. The molecule has 1 aromatic carbocycles. The van der Waals surface area contributed by atoms with Gasteiger partial charge < -0.3 is 14.6 Å². The van der Waals surface area contributed by atoms with Gasteiger partial charge in [-0.05, 0) is 18.2 Å². The lowest BCUT2D eigenvalue weighted by Crippen LogP contribution is -2.05. The predicted octanol–water partition coefficient (Wildman–Crippen LogP) is 2.32. The van der Waals surface area contributed by atoms with Crippen molar-refractivity contribution in [2.24, 2.45) is 0 Å². The number of benzene rings is 1. The molecule has 1 aromatic heterocycles. The van der Waals surface area contributed by atoms with Crippen LogP contribution < -0.4 is 9.47 Å². The SMILES string of the molecule is COc1ccc(C(O)c2cccc(OC)n2)c(F)c1. The molecule has 2 rings (SSSR count). The molecule has 0 aliphatic rings. The van der Waals surface area contributed by atoms with Crippen LogP contribution >= 0.6 is 0 Å². The zero-order valence-electron chi connectivity index (χ0n) is 10.6. The second-order valence-corrected chi connectivity index (χ2v) is 3.89. The Hall–Kier alpha value is -2.14. The summed E-state index contributed by atoms with van der Waals surface area (Å²) < 4.78 is 23.7. The number of hydrogen-bond acceptors (Lipinski definition) is 4. The minimum absolute atomic E-state index is 0.140. The zero-order valence-corrected chi connectivity index (χ0v) is 10.6. The monoisotopic (exact) mass is 263 g/mol. The lowest BCUT2D eigenvalue weighted by Gasteiger charge is -2.13. The van der Waals surface area contributed by atoms with Gasteiger partial charge in [0.15, 0.2) is 0 Å². The summed E-state index contributed by atoms with van der Waals surface area (Å²) in [5.41, 5.74) is 0.463. The van der Waals surface area contributed by atoms with Crippen LogP contribution in [0.2, 0.25) is 0 Å². The van der Waals surface area contributed by atoms with E-state index in [-0.39, 0.29) is 5.56 Å². The quantitative estimate of drug-likeness (QED) is 0.919. The molecule has 0 amide bonds. The number of ether oxygens (including phenoxy) is 2. The van der Waals surface area contributed by atoms with Crippen LogP contribution in [0.5, 0.6) is 11.6 Å². The molecule has 19 heavy (non-hydrogen) atoms. The van der Waals surface area contributed by atoms with Crippen molar-refractivity contribution in [3.63, 3.8) is 0 Å². The topological polar surface area (TPSA) is 51.6 Å². The molecule has 1 unspecified atom stereocenters. The molecule has 0 spiro atoms. The third-order valence-corrected chi connectivity index (χ3v) is 2.74. The van der Waals surface area contributed by atoms with E-state index in [1.807, 2.05) is 0 Å². The number of aliphatic hydroxyl groups is 1. The first-order valence-corrected chi connectivity index (χ1v) is 5.68. The van der Waals surface area contributed by atoms with E-state index in [2.05, 4.69) is 4.98 Å². The van der Waals surface area contributed by atoms with E-state index in [0.717, 1.165) is 0 Å². The summed E-state index contributed by atoms with van der Waals surface area (Å²) in [6.07, 6.45) is -1.15. The standard InChI is InChI=1S/C14H14FNO3/c1-18-9-6-7-10(11(15)8-9)14(17)12-4-3-5-13(16-12)19-2/h3-8,14,17H,1-2H3. The van der Waals surface area contributed by atoms with Crippen molar-refractivity contribution >= 4 is 0 Å². The maximum atomic E-state index is 13.9.